The van der Waals surface area contributed by atoms with Crippen LogP contribution in [0.2, 0.25) is 0 Å². The lowest BCUT2D eigenvalue weighted by Gasteiger charge is -2.47. The fraction of sp³-hybridized carbons (Fsp3) is 0.875. The van der Waals surface area contributed by atoms with Gasteiger partial charge in [0.15, 0.2) is 5.79 Å². The second-order valence-corrected chi connectivity index (χ2v) is 17.2. The number of fused-ring (bicyclic) bond motifs is 9. The number of nitrogens with two attached hydrogens (primary N) is 1. The van der Waals surface area contributed by atoms with Crippen LogP contribution < -0.4 is 5.73 Å². The normalized spacial score (nSPS) is 50.4. The number of carbonyl (C=O) groups excluding carboxylic acids is 1. The fourth-order valence-electron chi connectivity index (χ4n) is 10.8. The Hall–Kier alpha value is -1.29. The Balaban J connectivity index is 1.06. The number of carbonyl (C=O) groups is 1. The van der Waals surface area contributed by atoms with Crippen molar-refractivity contribution < 1.29 is 52.9 Å². The summed E-state index contributed by atoms with van der Waals surface area (Å²) in [5.74, 6) is -0.819. The Kier molecular flexibility index (Phi) is 11.1. The summed E-state index contributed by atoms with van der Waals surface area (Å²) in [6, 6.07) is 0. The van der Waals surface area contributed by atoms with E-state index >= 15 is 0 Å². The summed E-state index contributed by atoms with van der Waals surface area (Å²) in [5.41, 5.74) is 7.96. The summed E-state index contributed by atoms with van der Waals surface area (Å²) in [5, 5.41) is 21.7. The van der Waals surface area contributed by atoms with Crippen LogP contribution >= 0.6 is 0 Å². The molecule has 292 valence electrons. The van der Waals surface area contributed by atoms with Gasteiger partial charge in [0.05, 0.1) is 79.4 Å². The van der Waals surface area contributed by atoms with E-state index in [1.807, 2.05) is 0 Å². The topological polar surface area (TPSA) is 157 Å². The second kappa shape index (κ2) is 15.3. The van der Waals surface area contributed by atoms with Gasteiger partial charge in [0.2, 0.25) is 0 Å². The molecular formula is C40H61NO11. The van der Waals surface area contributed by atoms with Crippen LogP contribution in [0.4, 0.5) is 0 Å². The van der Waals surface area contributed by atoms with Crippen LogP contribution in [0, 0.1) is 11.8 Å². The van der Waals surface area contributed by atoms with Crippen molar-refractivity contribution >= 4 is 5.78 Å². The highest BCUT2D eigenvalue weighted by Gasteiger charge is 2.59. The van der Waals surface area contributed by atoms with Gasteiger partial charge in [0.1, 0.15) is 18.0 Å². The lowest BCUT2D eigenvalue weighted by Crippen LogP contribution is -2.58. The highest BCUT2D eigenvalue weighted by atomic mass is 16.7. The van der Waals surface area contributed by atoms with E-state index in [1.165, 1.54) is 0 Å². The third-order valence-corrected chi connectivity index (χ3v) is 13.6. The number of Topliss-reactive ketones (excluding diaryl/α,β-unsaturated/α-hetero) is 1. The number of aliphatic hydroxyl groups is 2. The van der Waals surface area contributed by atoms with E-state index in [9.17, 15) is 15.0 Å². The SMILES string of the molecule is C=C1C[C@@H]2CC[C@]34C[C@@H](O)[C@H](O3)[C@H]3C[C@@H](O4)[C@H]4OC(CC[C@@H]4O3)CC(=O)C[C@H]3[C@H](C[C@H]4OC(CCC1O2)C[C@@H](C)C4=C)OC(C[C@H](O)CN)[C@@H]3OC. The van der Waals surface area contributed by atoms with Crippen molar-refractivity contribution in [1.29, 1.82) is 0 Å². The Morgan fingerprint density at radius 2 is 1.63 bits per heavy atom. The molecule has 1 spiro atoms. The molecule has 8 saturated heterocycles. The van der Waals surface area contributed by atoms with E-state index in [4.69, 9.17) is 43.6 Å². The molecule has 12 heteroatoms. The van der Waals surface area contributed by atoms with E-state index < -0.39 is 30.2 Å². The van der Waals surface area contributed by atoms with Gasteiger partial charge in [-0.05, 0) is 62.0 Å². The first-order valence-corrected chi connectivity index (χ1v) is 20.1. The van der Waals surface area contributed by atoms with E-state index in [0.29, 0.717) is 38.5 Å². The Labute approximate surface area is 308 Å². The molecule has 4 N–H and O–H groups in total. The lowest BCUT2D eigenvalue weighted by atomic mass is 9.81. The predicted molar refractivity (Wildman–Crippen MR) is 188 cm³/mol. The zero-order chi connectivity index (χ0) is 36.3. The van der Waals surface area contributed by atoms with Crippen molar-refractivity contribution in [3.05, 3.63) is 24.3 Å². The fourth-order valence-corrected chi connectivity index (χ4v) is 10.8. The van der Waals surface area contributed by atoms with Crippen LogP contribution in [0.15, 0.2) is 24.3 Å². The van der Waals surface area contributed by atoms with Crippen molar-refractivity contribution in [3.63, 3.8) is 0 Å². The monoisotopic (exact) mass is 731 g/mol. The largest absolute Gasteiger partial charge is 0.392 e. The number of ketones is 1. The standard InChI is InChI=1S/C40H61NO11/c1-20-11-25-5-7-30-21(2)12-27(46-30)9-10-40-18-29(44)38(52-40)35-17-36(51-40)39-31(49-35)8-6-26(48-39)13-23(42)14-28-33(16-32(47-25)22(20)3)50-34(37(28)45-4)15-24(43)19-41/h20,24-39,43-44H,2-3,5-19,41H2,1,4H3/t20-,24+,25?,26?,27+,28+,29-,30?,31+,32-,33+,34?,35-,36-,37-,38+,39+,40-/m1/s1. The molecule has 8 heterocycles. The first kappa shape index (κ1) is 37.6. The van der Waals surface area contributed by atoms with Crippen LogP contribution in [0.1, 0.15) is 96.8 Å². The molecule has 0 aromatic heterocycles. The maximum absolute atomic E-state index is 14.0. The average Bonchev–Trinajstić information content (AvgIpc) is 3.72. The van der Waals surface area contributed by atoms with Crippen LogP contribution in [-0.4, -0.2) is 127 Å². The van der Waals surface area contributed by atoms with E-state index in [2.05, 4.69) is 20.1 Å². The summed E-state index contributed by atoms with van der Waals surface area (Å²) in [4.78, 5) is 14.0. The van der Waals surface area contributed by atoms with Gasteiger partial charge in [-0.3, -0.25) is 4.79 Å². The number of rotatable bonds is 4. The van der Waals surface area contributed by atoms with Crippen molar-refractivity contribution in [2.75, 3.05) is 13.7 Å². The molecule has 0 amide bonds. The molecule has 0 saturated carbocycles. The summed E-state index contributed by atoms with van der Waals surface area (Å²) in [7, 11) is 1.65. The highest BCUT2D eigenvalue weighted by Crippen LogP contribution is 2.49. The molecule has 4 unspecified atom stereocenters. The van der Waals surface area contributed by atoms with Crippen LogP contribution in [0.5, 0.6) is 0 Å². The number of methoxy groups -OCH3 is 1. The molecule has 10 bridgehead atoms. The average molecular weight is 732 g/mol. The number of hydrogen-bond acceptors (Lipinski definition) is 12. The lowest BCUT2D eigenvalue weighted by molar-refractivity contribution is -0.277. The maximum atomic E-state index is 14.0. The Morgan fingerprint density at radius 3 is 2.44 bits per heavy atom. The molecule has 18 atom stereocenters. The zero-order valence-corrected chi connectivity index (χ0v) is 31.0. The third-order valence-electron chi connectivity index (χ3n) is 13.6. The predicted octanol–water partition coefficient (Wildman–Crippen LogP) is 3.42. The second-order valence-electron chi connectivity index (χ2n) is 17.2. The Morgan fingerprint density at radius 1 is 0.846 bits per heavy atom. The number of hydrogen-bond donors (Lipinski definition) is 3. The maximum Gasteiger partial charge on any atom is 0.172 e. The van der Waals surface area contributed by atoms with Crippen molar-refractivity contribution in [2.24, 2.45) is 17.6 Å². The number of aliphatic hydroxyl groups excluding tert-OH is 2. The molecule has 0 aliphatic carbocycles. The Bertz CT molecular complexity index is 1330. The quantitative estimate of drug-likeness (QED) is 0.363. The van der Waals surface area contributed by atoms with Crippen LogP contribution in [0.25, 0.3) is 0 Å². The highest BCUT2D eigenvalue weighted by molar-refractivity contribution is 5.79. The van der Waals surface area contributed by atoms with Gasteiger partial charge in [-0.2, -0.15) is 0 Å². The van der Waals surface area contributed by atoms with Crippen molar-refractivity contribution in [2.45, 2.75) is 194 Å². The molecule has 52 heavy (non-hydrogen) atoms. The summed E-state index contributed by atoms with van der Waals surface area (Å²) < 4.78 is 52.9. The minimum atomic E-state index is -0.947. The van der Waals surface area contributed by atoms with E-state index in [-0.39, 0.29) is 104 Å². The summed E-state index contributed by atoms with van der Waals surface area (Å²) in [6.45, 7) is 11.2. The first-order chi connectivity index (χ1) is 25.0. The molecule has 0 radical (unpaired) electrons. The molecule has 12 nitrogen and oxygen atoms in total. The van der Waals surface area contributed by atoms with Crippen LogP contribution in [-0.2, 0) is 42.7 Å². The minimum Gasteiger partial charge on any atom is -0.392 e. The molecular weight excluding hydrogens is 670 g/mol. The summed E-state index contributed by atoms with van der Waals surface area (Å²) >= 11 is 0. The van der Waals surface area contributed by atoms with Gasteiger partial charge in [0.25, 0.3) is 0 Å². The van der Waals surface area contributed by atoms with Gasteiger partial charge in [-0.1, -0.05) is 20.1 Å². The van der Waals surface area contributed by atoms with Crippen molar-refractivity contribution in [1.82, 2.24) is 0 Å². The van der Waals surface area contributed by atoms with E-state index in [1.54, 1.807) is 7.11 Å². The third kappa shape index (κ3) is 7.48. The molecule has 8 fully saturated rings. The van der Waals surface area contributed by atoms with Gasteiger partial charge in [-0.25, -0.2) is 0 Å². The molecule has 8 aliphatic rings. The van der Waals surface area contributed by atoms with Crippen LogP contribution in [0.3, 0.4) is 0 Å². The molecule has 0 aromatic carbocycles. The van der Waals surface area contributed by atoms with Gasteiger partial charge in [-0.15, -0.1) is 0 Å². The summed E-state index contributed by atoms with van der Waals surface area (Å²) in [6.07, 6.45) is 3.90. The smallest absolute Gasteiger partial charge is 0.172 e. The number of ether oxygens (including phenoxy) is 8. The minimum absolute atomic E-state index is 0.00397. The molecule has 8 aliphatic heterocycles. The van der Waals surface area contributed by atoms with Gasteiger partial charge >= 0.3 is 0 Å². The first-order valence-electron chi connectivity index (χ1n) is 20.1. The van der Waals surface area contributed by atoms with Gasteiger partial charge in [0, 0.05) is 64.5 Å². The molecule has 0 aromatic rings. The van der Waals surface area contributed by atoms with E-state index in [0.717, 1.165) is 49.7 Å². The van der Waals surface area contributed by atoms with Crippen molar-refractivity contribution in [3.8, 4) is 0 Å². The molecule has 8 rings (SSSR count). The van der Waals surface area contributed by atoms with Gasteiger partial charge < -0.3 is 53.8 Å². The zero-order valence-electron chi connectivity index (χ0n) is 31.0.